The number of aromatic nitrogens is 1. The zero-order chi connectivity index (χ0) is 20.2. The maximum atomic E-state index is 11.6. The predicted octanol–water partition coefficient (Wildman–Crippen LogP) is 2.57. The van der Waals surface area contributed by atoms with Gasteiger partial charge in [0.15, 0.2) is 5.96 Å². The third kappa shape index (κ3) is 7.02. The standard InChI is InChI=1S/C21H35N5O2/c1-4-6-14-28-20-18(8-7-11-24-20)16-25-21(23-5-2)26-12-9-17(10-13-26)15-19(27)22-3/h7-8,11,17H,4-6,9-10,12-16H2,1-3H3,(H,22,27)(H,23,25). The molecule has 2 N–H and O–H groups in total. The molecule has 1 aliphatic rings. The van der Waals surface area contributed by atoms with E-state index in [2.05, 4.69) is 34.4 Å². The van der Waals surface area contributed by atoms with Crippen LogP contribution in [0.5, 0.6) is 5.88 Å². The SMILES string of the molecule is CCCCOc1ncccc1CN=C(NCC)N1CCC(CC(=O)NC)CC1. The highest BCUT2D eigenvalue weighted by atomic mass is 16.5. The molecule has 7 nitrogen and oxygen atoms in total. The Labute approximate surface area is 169 Å². The molecular weight excluding hydrogens is 354 g/mol. The number of hydrogen-bond donors (Lipinski definition) is 2. The van der Waals surface area contributed by atoms with E-state index in [1.54, 1.807) is 13.2 Å². The van der Waals surface area contributed by atoms with Crippen molar-refractivity contribution < 1.29 is 9.53 Å². The van der Waals surface area contributed by atoms with Gasteiger partial charge in [0, 0.05) is 44.9 Å². The number of likely N-dealkylation sites (tertiary alicyclic amines) is 1. The highest BCUT2D eigenvalue weighted by Gasteiger charge is 2.23. The van der Waals surface area contributed by atoms with Crippen LogP contribution in [0.2, 0.25) is 0 Å². The Kier molecular flexibility index (Phi) is 9.59. The largest absolute Gasteiger partial charge is 0.477 e. The van der Waals surface area contributed by atoms with Crippen LogP contribution in [0.1, 0.15) is 51.5 Å². The Hall–Kier alpha value is -2.31. The van der Waals surface area contributed by atoms with Gasteiger partial charge in [-0.1, -0.05) is 19.4 Å². The van der Waals surface area contributed by atoms with Crippen LogP contribution in [-0.2, 0) is 11.3 Å². The van der Waals surface area contributed by atoms with Crippen LogP contribution in [0.25, 0.3) is 0 Å². The number of ether oxygens (including phenoxy) is 1. The number of hydrogen-bond acceptors (Lipinski definition) is 4. The summed E-state index contributed by atoms with van der Waals surface area (Å²) in [6.45, 7) is 8.11. The van der Waals surface area contributed by atoms with Gasteiger partial charge in [0.2, 0.25) is 11.8 Å². The Morgan fingerprint density at radius 3 is 2.82 bits per heavy atom. The quantitative estimate of drug-likeness (QED) is 0.386. The Morgan fingerprint density at radius 2 is 2.14 bits per heavy atom. The van der Waals surface area contributed by atoms with Crippen molar-refractivity contribution in [2.75, 3.05) is 33.3 Å². The molecule has 0 aliphatic carbocycles. The number of unbranched alkanes of at least 4 members (excludes halogenated alkanes) is 1. The highest BCUT2D eigenvalue weighted by Crippen LogP contribution is 2.21. The minimum Gasteiger partial charge on any atom is -0.477 e. The second kappa shape index (κ2) is 12.2. The van der Waals surface area contributed by atoms with Crippen molar-refractivity contribution >= 4 is 11.9 Å². The average Bonchev–Trinajstić information content (AvgIpc) is 2.72. The number of carbonyl (C=O) groups is 1. The Bertz CT molecular complexity index is 627. The van der Waals surface area contributed by atoms with Gasteiger partial charge in [-0.05, 0) is 38.2 Å². The molecule has 2 heterocycles. The van der Waals surface area contributed by atoms with Gasteiger partial charge >= 0.3 is 0 Å². The maximum Gasteiger partial charge on any atom is 0.220 e. The smallest absolute Gasteiger partial charge is 0.220 e. The molecule has 0 atom stereocenters. The summed E-state index contributed by atoms with van der Waals surface area (Å²) in [6.07, 6.45) is 6.52. The van der Waals surface area contributed by atoms with Crippen LogP contribution in [0.4, 0.5) is 0 Å². The van der Waals surface area contributed by atoms with Crippen molar-refractivity contribution in [3.8, 4) is 5.88 Å². The van der Waals surface area contributed by atoms with Crippen molar-refractivity contribution in [1.82, 2.24) is 20.5 Å². The molecule has 0 radical (unpaired) electrons. The predicted molar refractivity (Wildman–Crippen MR) is 112 cm³/mol. The van der Waals surface area contributed by atoms with Crippen molar-refractivity contribution in [2.24, 2.45) is 10.9 Å². The first-order valence-corrected chi connectivity index (χ1v) is 10.5. The molecule has 0 aromatic carbocycles. The lowest BCUT2D eigenvalue weighted by Crippen LogP contribution is -2.46. The van der Waals surface area contributed by atoms with Gasteiger partial charge in [0.05, 0.1) is 13.2 Å². The van der Waals surface area contributed by atoms with E-state index in [0.29, 0.717) is 31.4 Å². The molecule has 1 saturated heterocycles. The van der Waals surface area contributed by atoms with E-state index >= 15 is 0 Å². The summed E-state index contributed by atoms with van der Waals surface area (Å²) < 4.78 is 5.82. The van der Waals surface area contributed by atoms with E-state index in [4.69, 9.17) is 9.73 Å². The minimum absolute atomic E-state index is 0.131. The molecule has 1 amide bonds. The monoisotopic (exact) mass is 389 g/mol. The summed E-state index contributed by atoms with van der Waals surface area (Å²) in [7, 11) is 1.70. The second-order valence-electron chi connectivity index (χ2n) is 7.15. The lowest BCUT2D eigenvalue weighted by molar-refractivity contribution is -0.121. The summed E-state index contributed by atoms with van der Waals surface area (Å²) in [6, 6.07) is 3.95. The van der Waals surface area contributed by atoms with E-state index in [9.17, 15) is 4.79 Å². The van der Waals surface area contributed by atoms with Crippen LogP contribution < -0.4 is 15.4 Å². The number of pyridine rings is 1. The topological polar surface area (TPSA) is 78.9 Å². The molecule has 0 unspecified atom stereocenters. The van der Waals surface area contributed by atoms with Crippen LogP contribution in [0, 0.1) is 5.92 Å². The third-order valence-corrected chi connectivity index (χ3v) is 4.99. The van der Waals surface area contributed by atoms with Crippen LogP contribution in [-0.4, -0.2) is 55.0 Å². The van der Waals surface area contributed by atoms with E-state index in [1.807, 2.05) is 12.1 Å². The summed E-state index contributed by atoms with van der Waals surface area (Å²) >= 11 is 0. The number of carbonyl (C=O) groups excluding carboxylic acids is 1. The number of nitrogens with zero attached hydrogens (tertiary/aromatic N) is 3. The normalized spacial score (nSPS) is 15.4. The molecule has 1 fully saturated rings. The molecule has 0 spiro atoms. The van der Waals surface area contributed by atoms with E-state index < -0.39 is 0 Å². The van der Waals surface area contributed by atoms with Gasteiger partial charge in [-0.15, -0.1) is 0 Å². The molecule has 1 aromatic rings. The molecule has 0 bridgehead atoms. The highest BCUT2D eigenvalue weighted by molar-refractivity contribution is 5.80. The average molecular weight is 390 g/mol. The number of rotatable bonds is 9. The van der Waals surface area contributed by atoms with Gasteiger partial charge in [-0.3, -0.25) is 4.79 Å². The number of aliphatic imine (C=N–C) groups is 1. The van der Waals surface area contributed by atoms with Crippen molar-refractivity contribution in [3.05, 3.63) is 23.9 Å². The first kappa shape index (κ1) is 22.0. The molecule has 7 heteroatoms. The van der Waals surface area contributed by atoms with Crippen LogP contribution in [0.15, 0.2) is 23.3 Å². The number of amides is 1. The zero-order valence-corrected chi connectivity index (χ0v) is 17.5. The van der Waals surface area contributed by atoms with Crippen LogP contribution in [0.3, 0.4) is 0 Å². The summed E-state index contributed by atoms with van der Waals surface area (Å²) in [4.78, 5) is 23.1. The lowest BCUT2D eigenvalue weighted by atomic mass is 9.93. The van der Waals surface area contributed by atoms with Gasteiger partial charge in [-0.2, -0.15) is 0 Å². The van der Waals surface area contributed by atoms with Gasteiger partial charge < -0.3 is 20.3 Å². The van der Waals surface area contributed by atoms with E-state index in [0.717, 1.165) is 56.8 Å². The first-order valence-electron chi connectivity index (χ1n) is 10.5. The molecular formula is C21H35N5O2. The molecule has 156 valence electrons. The fourth-order valence-electron chi connectivity index (χ4n) is 3.29. The van der Waals surface area contributed by atoms with E-state index in [1.165, 1.54) is 0 Å². The zero-order valence-electron chi connectivity index (χ0n) is 17.5. The fourth-order valence-corrected chi connectivity index (χ4v) is 3.29. The molecule has 2 rings (SSSR count). The maximum absolute atomic E-state index is 11.6. The Morgan fingerprint density at radius 1 is 1.36 bits per heavy atom. The lowest BCUT2D eigenvalue weighted by Gasteiger charge is -2.34. The van der Waals surface area contributed by atoms with E-state index in [-0.39, 0.29) is 5.91 Å². The van der Waals surface area contributed by atoms with Crippen molar-refractivity contribution in [3.63, 3.8) is 0 Å². The fraction of sp³-hybridized carbons (Fsp3) is 0.667. The molecule has 28 heavy (non-hydrogen) atoms. The number of nitrogens with one attached hydrogen (secondary N) is 2. The van der Waals surface area contributed by atoms with Gasteiger partial charge in [-0.25, -0.2) is 9.98 Å². The summed E-state index contributed by atoms with van der Waals surface area (Å²) in [5, 5.41) is 6.12. The minimum atomic E-state index is 0.131. The number of piperidine rings is 1. The molecule has 1 aromatic heterocycles. The number of guanidine groups is 1. The Balaban J connectivity index is 1.97. The molecule has 0 saturated carbocycles. The van der Waals surface area contributed by atoms with Crippen molar-refractivity contribution in [1.29, 1.82) is 0 Å². The third-order valence-electron chi connectivity index (χ3n) is 4.99. The van der Waals surface area contributed by atoms with Crippen molar-refractivity contribution in [2.45, 2.75) is 52.5 Å². The molecule has 1 aliphatic heterocycles. The summed E-state index contributed by atoms with van der Waals surface area (Å²) in [5.74, 6) is 2.19. The van der Waals surface area contributed by atoms with Crippen LogP contribution >= 0.6 is 0 Å². The van der Waals surface area contributed by atoms with Gasteiger partial charge in [0.1, 0.15) is 0 Å². The summed E-state index contributed by atoms with van der Waals surface area (Å²) in [5.41, 5.74) is 1.00. The first-order chi connectivity index (χ1) is 13.7. The second-order valence-corrected chi connectivity index (χ2v) is 7.15. The van der Waals surface area contributed by atoms with Gasteiger partial charge in [0.25, 0.3) is 0 Å².